The van der Waals surface area contributed by atoms with Crippen molar-refractivity contribution >= 4 is 46.5 Å². The van der Waals surface area contributed by atoms with Gasteiger partial charge in [-0.05, 0) is 84.4 Å². The molecule has 0 spiro atoms. The predicted molar refractivity (Wildman–Crippen MR) is 150 cm³/mol. The Morgan fingerprint density at radius 2 is 1.70 bits per heavy atom. The van der Waals surface area contributed by atoms with Crippen molar-refractivity contribution in [3.63, 3.8) is 0 Å². The fourth-order valence-corrected chi connectivity index (χ4v) is 4.55. The summed E-state index contributed by atoms with van der Waals surface area (Å²) in [6, 6.07) is 18.1. The van der Waals surface area contributed by atoms with Crippen LogP contribution in [-0.4, -0.2) is 53.3 Å². The van der Waals surface area contributed by atoms with Crippen molar-refractivity contribution in [1.29, 1.82) is 0 Å². The molecule has 1 aliphatic rings. The molecule has 0 aliphatic carbocycles. The molecule has 1 heterocycles. The van der Waals surface area contributed by atoms with E-state index in [1.807, 2.05) is 6.92 Å². The van der Waals surface area contributed by atoms with Crippen LogP contribution < -0.4 is 19.5 Å². The van der Waals surface area contributed by atoms with Gasteiger partial charge < -0.3 is 24.6 Å². The molecule has 10 nitrogen and oxygen atoms in total. The number of rotatable bonds is 11. The second kappa shape index (κ2) is 12.9. The minimum atomic E-state index is -1.00. The molecule has 2 N–H and O–H groups in total. The zero-order chi connectivity index (χ0) is 28.6. The maximum atomic E-state index is 12.9. The summed E-state index contributed by atoms with van der Waals surface area (Å²) in [5.74, 6) is -0.541. The summed E-state index contributed by atoms with van der Waals surface area (Å²) < 4.78 is 16.7. The molecule has 0 aromatic heterocycles. The van der Waals surface area contributed by atoms with Gasteiger partial charge in [0.2, 0.25) is 5.91 Å². The number of hydrogen-bond donors (Lipinski definition) is 2. The number of anilines is 1. The molecule has 206 valence electrons. The zero-order valence-electron chi connectivity index (χ0n) is 21.7. The van der Waals surface area contributed by atoms with Crippen LogP contribution in [0.2, 0.25) is 0 Å². The number of amides is 3. The fourth-order valence-electron chi connectivity index (χ4n) is 3.71. The molecule has 0 radical (unpaired) electrons. The first kappa shape index (κ1) is 28.2. The lowest BCUT2D eigenvalue weighted by molar-refractivity contribution is -0.127. The number of methoxy groups -OCH3 is 1. The Bertz CT molecular complexity index is 1450. The molecule has 0 bridgehead atoms. The third kappa shape index (κ3) is 7.00. The van der Waals surface area contributed by atoms with Crippen molar-refractivity contribution in [2.24, 2.45) is 0 Å². The summed E-state index contributed by atoms with van der Waals surface area (Å²) in [6.07, 6.45) is 1.56. The van der Waals surface area contributed by atoms with Crippen LogP contribution in [0.5, 0.6) is 17.2 Å². The lowest BCUT2D eigenvalue weighted by Gasteiger charge is -2.13. The summed E-state index contributed by atoms with van der Waals surface area (Å²) >= 11 is 0.752. The van der Waals surface area contributed by atoms with Gasteiger partial charge in [0.25, 0.3) is 11.1 Å². The maximum Gasteiger partial charge on any atom is 0.335 e. The minimum absolute atomic E-state index is 0.178. The van der Waals surface area contributed by atoms with Gasteiger partial charge in [-0.3, -0.25) is 19.3 Å². The molecule has 1 aliphatic heterocycles. The summed E-state index contributed by atoms with van der Waals surface area (Å²) in [4.78, 5) is 50.0. The number of benzene rings is 3. The molecule has 40 heavy (non-hydrogen) atoms. The second-order valence-electron chi connectivity index (χ2n) is 8.47. The van der Waals surface area contributed by atoms with E-state index in [2.05, 4.69) is 5.32 Å². The van der Waals surface area contributed by atoms with Gasteiger partial charge in [0.15, 0.2) is 11.5 Å². The number of carbonyl (C=O) groups excluding carboxylic acids is 3. The van der Waals surface area contributed by atoms with Crippen molar-refractivity contribution in [1.82, 2.24) is 4.90 Å². The Kier molecular flexibility index (Phi) is 9.07. The van der Waals surface area contributed by atoms with Gasteiger partial charge >= 0.3 is 5.97 Å². The Labute approximate surface area is 234 Å². The molecule has 11 heteroatoms. The van der Waals surface area contributed by atoms with Crippen LogP contribution in [0.3, 0.4) is 0 Å². The Morgan fingerprint density at radius 3 is 2.35 bits per heavy atom. The molecule has 4 rings (SSSR count). The van der Waals surface area contributed by atoms with Crippen LogP contribution in [-0.2, 0) is 16.2 Å². The molecule has 3 amide bonds. The van der Waals surface area contributed by atoms with E-state index in [-0.39, 0.29) is 17.1 Å². The number of hydrogen-bond acceptors (Lipinski definition) is 8. The number of carboxylic acid groups (broad SMARTS) is 1. The van der Waals surface area contributed by atoms with Crippen LogP contribution in [0.25, 0.3) is 6.08 Å². The number of thioether (sulfide) groups is 1. The molecule has 1 fully saturated rings. The molecule has 0 atom stereocenters. The van der Waals surface area contributed by atoms with Gasteiger partial charge in [-0.2, -0.15) is 0 Å². The molecule has 0 saturated carbocycles. The number of carbonyl (C=O) groups is 4. The first-order valence-corrected chi connectivity index (χ1v) is 13.0. The summed E-state index contributed by atoms with van der Waals surface area (Å²) in [6.45, 7) is 1.96. The van der Waals surface area contributed by atoms with Gasteiger partial charge in [0.05, 0.1) is 24.2 Å². The highest BCUT2D eigenvalue weighted by Crippen LogP contribution is 2.35. The smallest absolute Gasteiger partial charge is 0.335 e. The van der Waals surface area contributed by atoms with Gasteiger partial charge in [-0.15, -0.1) is 0 Å². The largest absolute Gasteiger partial charge is 0.497 e. The highest BCUT2D eigenvalue weighted by Gasteiger charge is 2.36. The number of aromatic carboxylic acids is 1. The van der Waals surface area contributed by atoms with Crippen LogP contribution >= 0.6 is 11.8 Å². The van der Waals surface area contributed by atoms with E-state index in [1.54, 1.807) is 60.7 Å². The SMILES string of the molecule is CCOc1cc(/C=C2/SC(=O)N(CC(=O)Nc3ccc(OC)cc3)C2=O)ccc1OCc1ccc(C(=O)O)cc1. The number of carboxylic acids is 1. The van der Waals surface area contributed by atoms with Crippen LogP contribution in [0, 0.1) is 0 Å². The van der Waals surface area contributed by atoms with E-state index < -0.39 is 29.6 Å². The van der Waals surface area contributed by atoms with Crippen molar-refractivity contribution in [3.8, 4) is 17.2 Å². The number of ether oxygens (including phenoxy) is 3. The molecular weight excluding hydrogens is 536 g/mol. The lowest BCUT2D eigenvalue weighted by Crippen LogP contribution is -2.36. The van der Waals surface area contributed by atoms with Gasteiger partial charge in [-0.1, -0.05) is 18.2 Å². The summed E-state index contributed by atoms with van der Waals surface area (Å²) in [5, 5.41) is 11.2. The Balaban J connectivity index is 1.42. The lowest BCUT2D eigenvalue weighted by atomic mass is 10.1. The topological polar surface area (TPSA) is 131 Å². The van der Waals surface area contributed by atoms with Gasteiger partial charge in [0.1, 0.15) is 18.9 Å². The minimum Gasteiger partial charge on any atom is -0.497 e. The fraction of sp³-hybridized carbons (Fsp3) is 0.172. The van der Waals surface area contributed by atoms with E-state index >= 15 is 0 Å². The Hall–Kier alpha value is -4.77. The normalized spacial score (nSPS) is 13.8. The number of nitrogens with zero attached hydrogens (tertiary/aromatic N) is 1. The van der Waals surface area contributed by atoms with Crippen LogP contribution in [0.1, 0.15) is 28.4 Å². The van der Waals surface area contributed by atoms with E-state index in [9.17, 15) is 19.2 Å². The number of imide groups is 1. The highest BCUT2D eigenvalue weighted by atomic mass is 32.2. The third-order valence-electron chi connectivity index (χ3n) is 5.71. The van der Waals surface area contributed by atoms with E-state index in [0.717, 1.165) is 22.2 Å². The molecule has 0 unspecified atom stereocenters. The highest BCUT2D eigenvalue weighted by molar-refractivity contribution is 8.18. The third-order valence-corrected chi connectivity index (χ3v) is 6.62. The van der Waals surface area contributed by atoms with E-state index in [4.69, 9.17) is 19.3 Å². The van der Waals surface area contributed by atoms with E-state index in [1.165, 1.54) is 19.2 Å². The first-order valence-electron chi connectivity index (χ1n) is 12.2. The van der Waals surface area contributed by atoms with Crippen LogP contribution in [0.4, 0.5) is 10.5 Å². The predicted octanol–water partition coefficient (Wildman–Crippen LogP) is 5.05. The van der Waals surface area contributed by atoms with E-state index in [0.29, 0.717) is 35.1 Å². The van der Waals surface area contributed by atoms with Crippen molar-refractivity contribution in [3.05, 3.63) is 88.3 Å². The molecule has 3 aromatic carbocycles. The average Bonchev–Trinajstić information content (AvgIpc) is 3.20. The zero-order valence-corrected chi connectivity index (χ0v) is 22.5. The van der Waals surface area contributed by atoms with Crippen molar-refractivity contribution in [2.75, 3.05) is 25.6 Å². The molecular formula is C29H26N2O8S. The monoisotopic (exact) mass is 562 g/mol. The Morgan fingerprint density at radius 1 is 0.975 bits per heavy atom. The quantitative estimate of drug-likeness (QED) is 0.308. The standard InChI is InChI=1S/C29H26N2O8S/c1-3-38-24-14-19(6-13-23(24)39-17-18-4-7-20(8-5-18)28(34)35)15-25-27(33)31(29(36)40-25)16-26(32)30-21-9-11-22(37-2)12-10-21/h4-15H,3,16-17H2,1-2H3,(H,30,32)(H,34,35)/b25-15+. The second-order valence-corrected chi connectivity index (χ2v) is 9.47. The maximum absolute atomic E-state index is 12.9. The van der Waals surface area contributed by atoms with Crippen molar-refractivity contribution in [2.45, 2.75) is 13.5 Å². The summed E-state index contributed by atoms with van der Waals surface area (Å²) in [7, 11) is 1.54. The number of nitrogens with one attached hydrogen (secondary N) is 1. The molecule has 3 aromatic rings. The first-order chi connectivity index (χ1) is 19.3. The summed E-state index contributed by atoms with van der Waals surface area (Å²) in [5.41, 5.74) is 2.08. The van der Waals surface area contributed by atoms with Gasteiger partial charge in [0, 0.05) is 5.69 Å². The van der Waals surface area contributed by atoms with Crippen LogP contribution in [0.15, 0.2) is 71.6 Å². The molecule has 1 saturated heterocycles. The van der Waals surface area contributed by atoms with Gasteiger partial charge in [-0.25, -0.2) is 4.79 Å². The average molecular weight is 563 g/mol. The van der Waals surface area contributed by atoms with Crippen molar-refractivity contribution < 1.29 is 38.5 Å².